The van der Waals surface area contributed by atoms with Crippen LogP contribution < -0.4 is 0 Å². The highest BCUT2D eigenvalue weighted by Crippen LogP contribution is 2.24. The van der Waals surface area contributed by atoms with Crippen molar-refractivity contribution < 1.29 is 0 Å². The minimum Gasteiger partial charge on any atom is -0.248 e. The van der Waals surface area contributed by atoms with Gasteiger partial charge >= 0.3 is 0 Å². The van der Waals surface area contributed by atoms with Crippen molar-refractivity contribution >= 4 is 22.3 Å². The van der Waals surface area contributed by atoms with Crippen molar-refractivity contribution in [3.05, 3.63) is 42.1 Å². The molecular weight excluding hydrogens is 170 g/mol. The molecule has 0 N–H and O–H groups in total. The summed E-state index contributed by atoms with van der Waals surface area (Å²) in [5, 5.41) is 0.675. The first-order chi connectivity index (χ1) is 5.86. The highest BCUT2D eigenvalue weighted by molar-refractivity contribution is 6.66. The molecule has 1 heterocycles. The van der Waals surface area contributed by atoms with Crippen molar-refractivity contribution in [2.75, 3.05) is 0 Å². The summed E-state index contributed by atoms with van der Waals surface area (Å²) in [5.74, 6) is 0. The number of hydrogen-bond donors (Lipinski definition) is 0. The van der Waals surface area contributed by atoms with E-state index in [2.05, 4.69) is 17.1 Å². The highest BCUT2D eigenvalue weighted by Gasteiger charge is 2.08. The van der Waals surface area contributed by atoms with Gasteiger partial charge in [0.05, 0.1) is 0 Å². The second kappa shape index (κ2) is 3.11. The van der Waals surface area contributed by atoms with Crippen LogP contribution in [-0.2, 0) is 0 Å². The average molecular weight is 178 g/mol. The normalized spacial score (nSPS) is 15.8. The third-order valence-corrected chi connectivity index (χ3v) is 2.07. The van der Waals surface area contributed by atoms with Crippen LogP contribution in [-0.4, -0.2) is 5.17 Å². The molecular formula is C10H8ClN. The summed E-state index contributed by atoms with van der Waals surface area (Å²) >= 11 is 5.75. The zero-order chi connectivity index (χ0) is 8.39. The van der Waals surface area contributed by atoms with Crippen molar-refractivity contribution in [3.63, 3.8) is 0 Å². The molecule has 0 radical (unpaired) electrons. The highest BCUT2D eigenvalue weighted by atomic mass is 35.5. The molecule has 0 saturated carbocycles. The third-order valence-electron chi connectivity index (χ3n) is 1.84. The maximum atomic E-state index is 5.75. The summed E-state index contributed by atoms with van der Waals surface area (Å²) in [6.45, 7) is 0. The van der Waals surface area contributed by atoms with Gasteiger partial charge in [-0.1, -0.05) is 41.9 Å². The molecule has 0 atom stereocenters. The minimum absolute atomic E-state index is 0.675. The fourth-order valence-corrected chi connectivity index (χ4v) is 1.42. The van der Waals surface area contributed by atoms with Crippen LogP contribution in [0.15, 0.2) is 41.5 Å². The molecule has 2 rings (SSSR count). The van der Waals surface area contributed by atoms with Crippen LogP contribution in [0.4, 0.5) is 0 Å². The molecule has 1 aromatic carbocycles. The van der Waals surface area contributed by atoms with Gasteiger partial charge in [-0.05, 0) is 11.1 Å². The van der Waals surface area contributed by atoms with Gasteiger partial charge in [0.2, 0.25) is 0 Å². The van der Waals surface area contributed by atoms with E-state index < -0.39 is 0 Å². The van der Waals surface area contributed by atoms with E-state index in [1.165, 1.54) is 11.1 Å². The molecule has 0 aliphatic carbocycles. The zero-order valence-electron chi connectivity index (χ0n) is 6.50. The van der Waals surface area contributed by atoms with Gasteiger partial charge in [0.15, 0.2) is 0 Å². The Balaban J connectivity index is 2.25. The summed E-state index contributed by atoms with van der Waals surface area (Å²) in [6, 6.07) is 10.2. The van der Waals surface area contributed by atoms with Crippen LogP contribution in [0.2, 0.25) is 0 Å². The quantitative estimate of drug-likeness (QED) is 0.625. The van der Waals surface area contributed by atoms with Crippen LogP contribution in [0.5, 0.6) is 0 Å². The molecule has 60 valence electrons. The first kappa shape index (κ1) is 7.56. The molecule has 0 aromatic heterocycles. The van der Waals surface area contributed by atoms with Gasteiger partial charge in [-0.3, -0.25) is 0 Å². The van der Waals surface area contributed by atoms with Crippen molar-refractivity contribution in [1.82, 2.24) is 0 Å². The van der Waals surface area contributed by atoms with E-state index >= 15 is 0 Å². The lowest BCUT2D eigenvalue weighted by Gasteiger charge is -1.98. The van der Waals surface area contributed by atoms with Gasteiger partial charge < -0.3 is 0 Å². The van der Waals surface area contributed by atoms with Gasteiger partial charge in [-0.25, -0.2) is 4.99 Å². The van der Waals surface area contributed by atoms with E-state index in [4.69, 9.17) is 11.6 Å². The molecule has 1 aliphatic rings. The molecule has 0 saturated heterocycles. The second-order valence-electron chi connectivity index (χ2n) is 2.70. The largest absolute Gasteiger partial charge is 0.248 e. The summed E-state index contributed by atoms with van der Waals surface area (Å²) in [6.07, 6.45) is 2.60. The Bertz CT molecular complexity index is 338. The fourth-order valence-electron chi connectivity index (χ4n) is 1.23. The van der Waals surface area contributed by atoms with Crippen LogP contribution in [0, 0.1) is 0 Å². The summed E-state index contributed by atoms with van der Waals surface area (Å²) in [7, 11) is 0. The van der Waals surface area contributed by atoms with Crippen molar-refractivity contribution in [3.8, 4) is 0 Å². The first-order valence-corrected chi connectivity index (χ1v) is 4.21. The zero-order valence-corrected chi connectivity index (χ0v) is 7.25. The first-order valence-electron chi connectivity index (χ1n) is 3.83. The topological polar surface area (TPSA) is 12.4 Å². The van der Waals surface area contributed by atoms with Crippen LogP contribution in [0.1, 0.15) is 12.0 Å². The van der Waals surface area contributed by atoms with Gasteiger partial charge in [-0.2, -0.15) is 0 Å². The van der Waals surface area contributed by atoms with E-state index in [1.807, 2.05) is 24.4 Å². The van der Waals surface area contributed by atoms with E-state index in [0.717, 1.165) is 6.42 Å². The van der Waals surface area contributed by atoms with Crippen LogP contribution in [0.25, 0.3) is 5.57 Å². The third kappa shape index (κ3) is 1.41. The smallest absolute Gasteiger partial charge is 0.110 e. The van der Waals surface area contributed by atoms with Gasteiger partial charge in [0.1, 0.15) is 5.17 Å². The monoisotopic (exact) mass is 177 g/mol. The lowest BCUT2D eigenvalue weighted by atomic mass is 10.1. The molecule has 1 aromatic rings. The SMILES string of the molecule is ClC1=NC=C(c2ccccc2)C1. The van der Waals surface area contributed by atoms with E-state index in [0.29, 0.717) is 5.17 Å². The Morgan fingerprint density at radius 2 is 1.92 bits per heavy atom. The molecule has 1 nitrogen and oxygen atoms in total. The molecule has 0 fully saturated rings. The minimum atomic E-state index is 0.675. The van der Waals surface area contributed by atoms with E-state index in [-0.39, 0.29) is 0 Å². The maximum Gasteiger partial charge on any atom is 0.110 e. The number of benzene rings is 1. The van der Waals surface area contributed by atoms with Crippen molar-refractivity contribution in [1.29, 1.82) is 0 Å². The predicted octanol–water partition coefficient (Wildman–Crippen LogP) is 3.07. The van der Waals surface area contributed by atoms with Gasteiger partial charge in [0, 0.05) is 12.6 Å². The van der Waals surface area contributed by atoms with Gasteiger partial charge in [-0.15, -0.1) is 0 Å². The van der Waals surface area contributed by atoms with Crippen LogP contribution in [0.3, 0.4) is 0 Å². The fraction of sp³-hybridized carbons (Fsp3) is 0.100. The number of rotatable bonds is 1. The molecule has 12 heavy (non-hydrogen) atoms. The Morgan fingerprint density at radius 1 is 1.17 bits per heavy atom. The Morgan fingerprint density at radius 3 is 2.50 bits per heavy atom. The summed E-state index contributed by atoms with van der Waals surface area (Å²) < 4.78 is 0. The number of aliphatic imine (C=N–C) groups is 1. The van der Waals surface area contributed by atoms with Crippen molar-refractivity contribution in [2.24, 2.45) is 4.99 Å². The van der Waals surface area contributed by atoms with Crippen molar-refractivity contribution in [2.45, 2.75) is 6.42 Å². The lowest BCUT2D eigenvalue weighted by molar-refractivity contribution is 1.51. The Hall–Kier alpha value is -1.08. The predicted molar refractivity (Wildman–Crippen MR) is 52.3 cm³/mol. The summed E-state index contributed by atoms with van der Waals surface area (Å²) in [4.78, 5) is 4.01. The molecule has 2 heteroatoms. The molecule has 0 unspecified atom stereocenters. The number of nitrogens with zero attached hydrogens (tertiary/aromatic N) is 1. The Labute approximate surface area is 76.4 Å². The maximum absolute atomic E-state index is 5.75. The molecule has 0 spiro atoms. The number of allylic oxidation sites excluding steroid dienone is 1. The molecule has 0 bridgehead atoms. The van der Waals surface area contributed by atoms with Crippen LogP contribution >= 0.6 is 11.6 Å². The second-order valence-corrected chi connectivity index (χ2v) is 3.14. The number of hydrogen-bond acceptors (Lipinski definition) is 1. The molecule has 0 amide bonds. The standard InChI is InChI=1S/C10H8ClN/c11-10-6-9(7-12-10)8-4-2-1-3-5-8/h1-5,7H,6H2. The van der Waals surface area contributed by atoms with E-state index in [1.54, 1.807) is 0 Å². The number of halogens is 1. The Kier molecular flexibility index (Phi) is 1.96. The lowest BCUT2D eigenvalue weighted by Crippen LogP contribution is -1.84. The molecule has 1 aliphatic heterocycles. The van der Waals surface area contributed by atoms with E-state index in [9.17, 15) is 0 Å². The van der Waals surface area contributed by atoms with Gasteiger partial charge in [0.25, 0.3) is 0 Å². The summed E-state index contributed by atoms with van der Waals surface area (Å²) in [5.41, 5.74) is 2.40. The average Bonchev–Trinajstić information content (AvgIpc) is 2.54.